The fraction of sp³-hybridized carbons (Fsp3) is 0.286. The van der Waals surface area contributed by atoms with Gasteiger partial charge in [-0.1, -0.05) is 12.1 Å². The number of para-hydroxylation sites is 1. The zero-order valence-corrected chi connectivity index (χ0v) is 10.6. The van der Waals surface area contributed by atoms with Crippen molar-refractivity contribution < 1.29 is 14.6 Å². The van der Waals surface area contributed by atoms with Gasteiger partial charge in [0.15, 0.2) is 0 Å². The van der Waals surface area contributed by atoms with Crippen molar-refractivity contribution in [3.63, 3.8) is 0 Å². The highest BCUT2D eigenvalue weighted by atomic mass is 16.5. The number of pyridine rings is 1. The topological polar surface area (TPSA) is 79.4 Å². The molecule has 1 aromatic carbocycles. The standard InChI is InChI=1S/C14H15NO4/c1-2-19-12(16)8-7-10-13(17)9-5-3-4-6-11(9)15-14(10)18/h3-6H,2,7-8H2,1H3,(H2,15,17,18). The summed E-state index contributed by atoms with van der Waals surface area (Å²) in [6.07, 6.45) is 0.230. The molecule has 0 radical (unpaired) electrons. The second-order valence-electron chi connectivity index (χ2n) is 4.13. The first kappa shape index (κ1) is 13.1. The zero-order chi connectivity index (χ0) is 13.8. The Morgan fingerprint density at radius 1 is 1.37 bits per heavy atom. The van der Waals surface area contributed by atoms with Crippen LogP contribution in [0.5, 0.6) is 5.75 Å². The lowest BCUT2D eigenvalue weighted by molar-refractivity contribution is -0.143. The molecule has 2 N–H and O–H groups in total. The third-order valence-corrected chi connectivity index (χ3v) is 2.87. The lowest BCUT2D eigenvalue weighted by atomic mass is 10.1. The second-order valence-corrected chi connectivity index (χ2v) is 4.13. The Kier molecular flexibility index (Phi) is 3.85. The number of aromatic nitrogens is 1. The van der Waals surface area contributed by atoms with E-state index in [0.717, 1.165) is 0 Å². The minimum atomic E-state index is -0.380. The number of aromatic amines is 1. The maximum Gasteiger partial charge on any atom is 0.306 e. The van der Waals surface area contributed by atoms with Crippen molar-refractivity contribution in [2.24, 2.45) is 0 Å². The van der Waals surface area contributed by atoms with Crippen LogP contribution < -0.4 is 5.56 Å². The van der Waals surface area contributed by atoms with Crippen molar-refractivity contribution in [1.29, 1.82) is 0 Å². The summed E-state index contributed by atoms with van der Waals surface area (Å²) in [6.45, 7) is 2.02. The molecule has 1 aromatic heterocycles. The van der Waals surface area contributed by atoms with E-state index in [4.69, 9.17) is 4.74 Å². The van der Waals surface area contributed by atoms with Gasteiger partial charge in [-0.15, -0.1) is 0 Å². The van der Waals surface area contributed by atoms with E-state index >= 15 is 0 Å². The van der Waals surface area contributed by atoms with Gasteiger partial charge >= 0.3 is 5.97 Å². The van der Waals surface area contributed by atoms with Gasteiger partial charge in [-0.3, -0.25) is 9.59 Å². The first-order valence-electron chi connectivity index (χ1n) is 6.12. The Bertz CT molecular complexity index is 660. The maximum atomic E-state index is 11.9. The Balaban J connectivity index is 2.33. The molecule has 5 heteroatoms. The highest BCUT2D eigenvalue weighted by Crippen LogP contribution is 2.25. The van der Waals surface area contributed by atoms with Gasteiger partial charge in [0.1, 0.15) is 5.75 Å². The number of esters is 1. The average Bonchev–Trinajstić information content (AvgIpc) is 2.39. The van der Waals surface area contributed by atoms with Gasteiger partial charge in [-0.2, -0.15) is 0 Å². The van der Waals surface area contributed by atoms with E-state index in [9.17, 15) is 14.7 Å². The number of hydrogen-bond donors (Lipinski definition) is 2. The van der Waals surface area contributed by atoms with Crippen LogP contribution in [0.1, 0.15) is 18.9 Å². The van der Waals surface area contributed by atoms with Crippen molar-refractivity contribution in [1.82, 2.24) is 4.98 Å². The van der Waals surface area contributed by atoms with Gasteiger partial charge in [0.05, 0.1) is 17.7 Å². The molecule has 0 bridgehead atoms. The summed E-state index contributed by atoms with van der Waals surface area (Å²) < 4.78 is 4.80. The van der Waals surface area contributed by atoms with Crippen LogP contribution in [0.2, 0.25) is 0 Å². The summed E-state index contributed by atoms with van der Waals surface area (Å²) in [6, 6.07) is 6.98. The van der Waals surface area contributed by atoms with Crippen molar-refractivity contribution >= 4 is 16.9 Å². The molecule has 100 valence electrons. The number of carbonyl (C=O) groups is 1. The van der Waals surface area contributed by atoms with Gasteiger partial charge in [-0.05, 0) is 25.5 Å². The quantitative estimate of drug-likeness (QED) is 0.821. The monoisotopic (exact) mass is 261 g/mol. The van der Waals surface area contributed by atoms with Gasteiger partial charge in [0.25, 0.3) is 5.56 Å². The predicted molar refractivity (Wildman–Crippen MR) is 71.2 cm³/mol. The Hall–Kier alpha value is -2.30. The molecule has 0 aliphatic rings. The van der Waals surface area contributed by atoms with Crippen molar-refractivity contribution in [3.05, 3.63) is 40.2 Å². The molecule has 1 heterocycles. The number of benzene rings is 1. The smallest absolute Gasteiger partial charge is 0.306 e. The number of nitrogens with one attached hydrogen (secondary N) is 1. The molecule has 2 rings (SSSR count). The molecule has 0 fully saturated rings. The summed E-state index contributed by atoms with van der Waals surface area (Å²) in [5, 5.41) is 10.7. The number of rotatable bonds is 4. The molecule has 0 spiro atoms. The first-order valence-corrected chi connectivity index (χ1v) is 6.12. The Labute approximate surface area is 109 Å². The predicted octanol–water partition coefficient (Wildman–Crippen LogP) is 1.73. The van der Waals surface area contributed by atoms with Gasteiger partial charge < -0.3 is 14.8 Å². The van der Waals surface area contributed by atoms with Crippen LogP contribution in [-0.2, 0) is 16.0 Å². The number of carbonyl (C=O) groups excluding carboxylic acids is 1. The van der Waals surface area contributed by atoms with E-state index < -0.39 is 0 Å². The van der Waals surface area contributed by atoms with Crippen molar-refractivity contribution in [3.8, 4) is 5.75 Å². The van der Waals surface area contributed by atoms with Crippen LogP contribution >= 0.6 is 0 Å². The molecule has 0 aliphatic carbocycles. The summed E-state index contributed by atoms with van der Waals surface area (Å²) in [4.78, 5) is 25.8. The molecule has 0 saturated heterocycles. The minimum absolute atomic E-state index is 0.0661. The van der Waals surface area contributed by atoms with E-state index in [1.807, 2.05) is 0 Å². The molecule has 19 heavy (non-hydrogen) atoms. The lowest BCUT2D eigenvalue weighted by Crippen LogP contribution is -2.15. The highest BCUT2D eigenvalue weighted by Gasteiger charge is 2.13. The molecule has 2 aromatic rings. The third-order valence-electron chi connectivity index (χ3n) is 2.87. The van der Waals surface area contributed by atoms with Crippen LogP contribution in [0, 0.1) is 0 Å². The van der Waals surface area contributed by atoms with E-state index in [2.05, 4.69) is 4.98 Å². The number of aromatic hydroxyl groups is 1. The molecule has 0 aliphatic heterocycles. The van der Waals surface area contributed by atoms with Crippen molar-refractivity contribution in [2.45, 2.75) is 19.8 Å². The van der Waals surface area contributed by atoms with Crippen molar-refractivity contribution in [2.75, 3.05) is 6.61 Å². The van der Waals surface area contributed by atoms with Gasteiger partial charge in [0, 0.05) is 11.8 Å². The second kappa shape index (κ2) is 5.56. The number of hydrogen-bond acceptors (Lipinski definition) is 4. The fourth-order valence-corrected chi connectivity index (χ4v) is 1.96. The van der Waals surface area contributed by atoms with E-state index in [0.29, 0.717) is 17.5 Å². The maximum absolute atomic E-state index is 11.9. The summed E-state index contributed by atoms with van der Waals surface area (Å²) in [5.74, 6) is -0.446. The molecule has 0 amide bonds. The average molecular weight is 261 g/mol. The normalized spacial score (nSPS) is 10.6. The van der Waals surface area contributed by atoms with Crippen LogP contribution in [0.25, 0.3) is 10.9 Å². The number of ether oxygens (including phenoxy) is 1. The summed E-state index contributed by atoms with van der Waals surface area (Å²) in [5.41, 5.74) is 0.414. The molecule has 0 atom stereocenters. The van der Waals surface area contributed by atoms with Crippen LogP contribution in [0.4, 0.5) is 0 Å². The van der Waals surface area contributed by atoms with Gasteiger partial charge in [-0.25, -0.2) is 0 Å². The van der Waals surface area contributed by atoms with E-state index in [-0.39, 0.29) is 35.7 Å². The molecule has 0 saturated carbocycles. The lowest BCUT2D eigenvalue weighted by Gasteiger charge is -2.07. The number of H-pyrrole nitrogens is 1. The Morgan fingerprint density at radius 2 is 2.11 bits per heavy atom. The minimum Gasteiger partial charge on any atom is -0.507 e. The number of fused-ring (bicyclic) bond motifs is 1. The van der Waals surface area contributed by atoms with Gasteiger partial charge in [0.2, 0.25) is 0 Å². The highest BCUT2D eigenvalue weighted by molar-refractivity contribution is 5.85. The zero-order valence-electron chi connectivity index (χ0n) is 10.6. The Morgan fingerprint density at radius 3 is 2.84 bits per heavy atom. The molecule has 0 unspecified atom stereocenters. The largest absolute Gasteiger partial charge is 0.507 e. The molecular weight excluding hydrogens is 246 g/mol. The third kappa shape index (κ3) is 2.76. The summed E-state index contributed by atoms with van der Waals surface area (Å²) >= 11 is 0. The molecular formula is C14H15NO4. The van der Waals surface area contributed by atoms with E-state index in [1.165, 1.54) is 0 Å². The SMILES string of the molecule is CCOC(=O)CCc1c(O)c2ccccc2[nH]c1=O. The van der Waals surface area contributed by atoms with Crippen LogP contribution in [-0.4, -0.2) is 22.7 Å². The van der Waals surface area contributed by atoms with Crippen LogP contribution in [0.15, 0.2) is 29.1 Å². The first-order chi connectivity index (χ1) is 9.13. The van der Waals surface area contributed by atoms with E-state index in [1.54, 1.807) is 31.2 Å². The summed E-state index contributed by atoms with van der Waals surface area (Å²) in [7, 11) is 0. The fourth-order valence-electron chi connectivity index (χ4n) is 1.96. The molecule has 5 nitrogen and oxygen atoms in total. The van der Waals surface area contributed by atoms with Crippen LogP contribution in [0.3, 0.4) is 0 Å².